The highest BCUT2D eigenvalue weighted by Crippen LogP contribution is 2.43. The number of rotatable bonds is 2. The number of aliphatic hydroxyl groups is 1. The largest absolute Gasteiger partial charge is 0.479 e. The third-order valence-corrected chi connectivity index (χ3v) is 4.65. The van der Waals surface area contributed by atoms with E-state index in [0.717, 1.165) is 0 Å². The van der Waals surface area contributed by atoms with Crippen molar-refractivity contribution < 1.29 is 28.2 Å². The van der Waals surface area contributed by atoms with Gasteiger partial charge in [-0.3, -0.25) is 9.13 Å². The Hall–Kier alpha value is -1.78. The highest BCUT2D eigenvalue weighted by molar-refractivity contribution is 7.33. The Bertz CT molecular complexity index is 784. The maximum absolute atomic E-state index is 11.4. The highest BCUT2D eigenvalue weighted by Gasteiger charge is 2.49. The van der Waals surface area contributed by atoms with E-state index in [9.17, 15) is 9.67 Å². The van der Waals surface area contributed by atoms with Crippen molar-refractivity contribution >= 4 is 25.4 Å². The molecule has 4 heterocycles. The normalized spacial score (nSPS) is 33.7. The minimum Gasteiger partial charge on any atom is -0.479 e. The van der Waals surface area contributed by atoms with Gasteiger partial charge in [0, 0.05) is 0 Å². The molecule has 2 unspecified atom stereocenters. The van der Waals surface area contributed by atoms with Crippen LogP contribution >= 0.6 is 8.25 Å². The van der Waals surface area contributed by atoms with Gasteiger partial charge in [0.25, 0.3) is 0 Å². The molecule has 12 heteroatoms. The number of hydrogen-bond donors (Lipinski definition) is 2. The average molecular weight is 343 g/mol. The van der Waals surface area contributed by atoms with Crippen LogP contribution in [-0.4, -0.2) is 56.7 Å². The van der Waals surface area contributed by atoms with Crippen molar-refractivity contribution in [3.8, 4) is 5.88 Å². The topological polar surface area (TPSA) is 144 Å². The van der Waals surface area contributed by atoms with E-state index < -0.39 is 32.8 Å². The van der Waals surface area contributed by atoms with Gasteiger partial charge in [-0.05, 0) is 0 Å². The van der Waals surface area contributed by atoms with Crippen LogP contribution < -0.4 is 10.5 Å². The molecule has 0 aromatic carbocycles. The number of fused-ring (bicyclic) bond motifs is 2. The van der Waals surface area contributed by atoms with Crippen molar-refractivity contribution in [2.75, 3.05) is 19.5 Å². The van der Waals surface area contributed by atoms with E-state index in [1.807, 2.05) is 0 Å². The summed E-state index contributed by atoms with van der Waals surface area (Å²) in [5, 5.41) is 10.4. The standard InChI is InChI=1S/C11H14N5O6P/c1-19-9-5-8(14-11(12)15-9)16(3-13-5)10-6(17)7-4(21-10)2-20-23(18)22-7/h3-4,6-7,10,17,23H,2H2,1H3,(H2,12,14,15)/t4?,6-,7+,10+/m0/s1. The second kappa shape index (κ2) is 5.39. The van der Waals surface area contributed by atoms with Gasteiger partial charge in [0.1, 0.15) is 18.3 Å². The number of nitrogen functional groups attached to an aromatic ring is 1. The molecule has 23 heavy (non-hydrogen) atoms. The molecular weight excluding hydrogens is 329 g/mol. The lowest BCUT2D eigenvalue weighted by Gasteiger charge is -2.24. The van der Waals surface area contributed by atoms with Crippen molar-refractivity contribution in [2.24, 2.45) is 0 Å². The Morgan fingerprint density at radius 1 is 1.52 bits per heavy atom. The van der Waals surface area contributed by atoms with E-state index in [-0.39, 0.29) is 18.4 Å². The summed E-state index contributed by atoms with van der Waals surface area (Å²) >= 11 is 0. The molecule has 2 aliphatic rings. The molecular formula is C11H14N5O6P. The quantitative estimate of drug-likeness (QED) is 0.683. The molecule has 0 bridgehead atoms. The Morgan fingerprint density at radius 3 is 3.13 bits per heavy atom. The first-order valence-corrected chi connectivity index (χ1v) is 8.02. The molecule has 2 fully saturated rings. The van der Waals surface area contributed by atoms with E-state index >= 15 is 0 Å². The molecule has 0 saturated carbocycles. The van der Waals surface area contributed by atoms with Crippen LogP contribution in [0.3, 0.4) is 0 Å². The maximum atomic E-state index is 11.4. The van der Waals surface area contributed by atoms with Crippen molar-refractivity contribution in [1.82, 2.24) is 19.5 Å². The van der Waals surface area contributed by atoms with Crippen LogP contribution in [0, 0.1) is 0 Å². The first kappa shape index (κ1) is 14.8. The number of anilines is 1. The summed E-state index contributed by atoms with van der Waals surface area (Å²) in [6.07, 6.45) is -1.71. The molecule has 11 nitrogen and oxygen atoms in total. The van der Waals surface area contributed by atoms with Crippen LogP contribution in [0.15, 0.2) is 6.33 Å². The summed E-state index contributed by atoms with van der Waals surface area (Å²) in [5.74, 6) is 0.228. The van der Waals surface area contributed by atoms with Crippen molar-refractivity contribution in [1.29, 1.82) is 0 Å². The molecule has 0 spiro atoms. The van der Waals surface area contributed by atoms with Gasteiger partial charge in [0.05, 0.1) is 20.0 Å². The zero-order valence-corrected chi connectivity index (χ0v) is 12.9. The first-order valence-electron chi connectivity index (χ1n) is 6.79. The predicted molar refractivity (Wildman–Crippen MR) is 76.0 cm³/mol. The monoisotopic (exact) mass is 343 g/mol. The van der Waals surface area contributed by atoms with Gasteiger partial charge >= 0.3 is 8.25 Å². The van der Waals surface area contributed by atoms with Gasteiger partial charge in [-0.25, -0.2) is 4.98 Å². The number of aliphatic hydroxyl groups excluding tert-OH is 1. The Kier molecular flexibility index (Phi) is 3.47. The first-order chi connectivity index (χ1) is 11.1. The lowest BCUT2D eigenvalue weighted by Crippen LogP contribution is -2.37. The lowest BCUT2D eigenvalue weighted by atomic mass is 10.1. The summed E-state index contributed by atoms with van der Waals surface area (Å²) < 4.78 is 33.9. The SMILES string of the molecule is COc1nc(N)nc2c1ncn2[C@@H]1OC2CO[PH](=O)O[C@H]2[C@@H]1O. The third kappa shape index (κ3) is 2.28. The molecule has 0 aliphatic carbocycles. The van der Waals surface area contributed by atoms with Crippen LogP contribution in [0.25, 0.3) is 11.2 Å². The minimum atomic E-state index is -2.61. The molecule has 2 aromatic heterocycles. The summed E-state index contributed by atoms with van der Waals surface area (Å²) in [5.41, 5.74) is 6.41. The summed E-state index contributed by atoms with van der Waals surface area (Å²) in [4.78, 5) is 12.2. The second-order valence-electron chi connectivity index (χ2n) is 5.11. The van der Waals surface area contributed by atoms with Crippen molar-refractivity contribution in [2.45, 2.75) is 24.5 Å². The van der Waals surface area contributed by atoms with E-state index in [4.69, 9.17) is 24.3 Å². The van der Waals surface area contributed by atoms with Gasteiger partial charge in [-0.2, -0.15) is 9.97 Å². The zero-order chi connectivity index (χ0) is 16.1. The minimum absolute atomic E-state index is 0.00522. The van der Waals surface area contributed by atoms with Crippen molar-refractivity contribution in [3.63, 3.8) is 0 Å². The number of aromatic nitrogens is 4. The molecule has 3 N–H and O–H groups in total. The molecule has 2 saturated heterocycles. The predicted octanol–water partition coefficient (Wildman–Crippen LogP) is -0.520. The number of nitrogens with zero attached hydrogens (tertiary/aromatic N) is 4. The van der Waals surface area contributed by atoms with Gasteiger partial charge in [-0.1, -0.05) is 0 Å². The Morgan fingerprint density at radius 2 is 2.35 bits per heavy atom. The number of methoxy groups -OCH3 is 1. The molecule has 4 rings (SSSR count). The molecule has 2 aliphatic heterocycles. The maximum Gasteiger partial charge on any atom is 0.319 e. The summed E-state index contributed by atoms with van der Waals surface area (Å²) in [6.45, 7) is 0.0864. The molecule has 2 aromatic rings. The van der Waals surface area contributed by atoms with E-state index in [2.05, 4.69) is 15.0 Å². The van der Waals surface area contributed by atoms with Crippen LogP contribution in [0.2, 0.25) is 0 Å². The van der Waals surface area contributed by atoms with Gasteiger partial charge in [0.2, 0.25) is 11.8 Å². The average Bonchev–Trinajstić information content (AvgIpc) is 3.08. The number of ether oxygens (including phenoxy) is 2. The number of imidazole rings is 1. The van der Waals surface area contributed by atoms with Crippen LogP contribution in [-0.2, 0) is 18.3 Å². The van der Waals surface area contributed by atoms with E-state index in [1.54, 1.807) is 0 Å². The molecule has 0 amide bonds. The third-order valence-electron chi connectivity index (χ3n) is 3.78. The van der Waals surface area contributed by atoms with E-state index in [1.165, 1.54) is 18.0 Å². The fourth-order valence-corrected chi connectivity index (χ4v) is 3.64. The molecule has 0 radical (unpaired) electrons. The molecule has 5 atom stereocenters. The Balaban J connectivity index is 1.75. The van der Waals surface area contributed by atoms with Crippen molar-refractivity contribution in [3.05, 3.63) is 6.33 Å². The summed E-state index contributed by atoms with van der Waals surface area (Å²) in [7, 11) is -1.17. The van der Waals surface area contributed by atoms with Gasteiger partial charge in [0.15, 0.2) is 17.4 Å². The van der Waals surface area contributed by atoms with Gasteiger partial charge < -0.3 is 29.4 Å². The smallest absolute Gasteiger partial charge is 0.319 e. The number of nitrogens with two attached hydrogens (primary N) is 1. The fourth-order valence-electron chi connectivity index (χ4n) is 2.76. The second-order valence-corrected chi connectivity index (χ2v) is 6.14. The Labute approximate surface area is 130 Å². The van der Waals surface area contributed by atoms with Crippen LogP contribution in [0.5, 0.6) is 5.88 Å². The van der Waals surface area contributed by atoms with Gasteiger partial charge in [-0.15, -0.1) is 0 Å². The zero-order valence-electron chi connectivity index (χ0n) is 11.9. The van der Waals surface area contributed by atoms with E-state index in [0.29, 0.717) is 11.2 Å². The molecule has 124 valence electrons. The van der Waals surface area contributed by atoms with Crippen LogP contribution in [0.1, 0.15) is 6.23 Å². The highest BCUT2D eigenvalue weighted by atomic mass is 31.1. The fraction of sp³-hybridized carbons (Fsp3) is 0.545. The number of hydrogen-bond acceptors (Lipinski definition) is 10. The van der Waals surface area contributed by atoms with Crippen LogP contribution in [0.4, 0.5) is 5.95 Å². The summed E-state index contributed by atoms with van der Waals surface area (Å²) in [6, 6.07) is 0. The lowest BCUT2D eigenvalue weighted by molar-refractivity contribution is -0.0553.